The SMILES string of the molecule is CCc1cc(Cl)c(O)c2ccccc12. The average Bonchev–Trinajstić information content (AvgIpc) is 2.23. The summed E-state index contributed by atoms with van der Waals surface area (Å²) < 4.78 is 0. The number of phenolic OH excluding ortho intramolecular Hbond substituents is 1. The van der Waals surface area contributed by atoms with Gasteiger partial charge < -0.3 is 5.11 Å². The second-order valence-corrected chi connectivity index (χ2v) is 3.67. The third kappa shape index (κ3) is 1.34. The van der Waals surface area contributed by atoms with Crippen LogP contribution in [0, 0.1) is 0 Å². The number of halogens is 1. The third-order valence-electron chi connectivity index (χ3n) is 2.44. The van der Waals surface area contributed by atoms with Crippen LogP contribution < -0.4 is 0 Å². The number of fused-ring (bicyclic) bond motifs is 1. The maximum absolute atomic E-state index is 9.75. The van der Waals surface area contributed by atoms with Crippen molar-refractivity contribution in [2.24, 2.45) is 0 Å². The Labute approximate surface area is 87.9 Å². The van der Waals surface area contributed by atoms with Gasteiger partial charge in [-0.2, -0.15) is 0 Å². The Balaban J connectivity index is 2.89. The molecule has 2 rings (SSSR count). The predicted octanol–water partition coefficient (Wildman–Crippen LogP) is 3.76. The minimum Gasteiger partial charge on any atom is -0.506 e. The van der Waals surface area contributed by atoms with Gasteiger partial charge in [-0.1, -0.05) is 42.8 Å². The molecule has 0 atom stereocenters. The van der Waals surface area contributed by atoms with Gasteiger partial charge in [-0.05, 0) is 23.4 Å². The molecular formula is C12H11ClO. The summed E-state index contributed by atoms with van der Waals surface area (Å²) in [6, 6.07) is 9.59. The smallest absolute Gasteiger partial charge is 0.142 e. The van der Waals surface area contributed by atoms with Crippen LogP contribution in [-0.2, 0) is 6.42 Å². The lowest BCUT2D eigenvalue weighted by Gasteiger charge is -2.07. The van der Waals surface area contributed by atoms with E-state index in [9.17, 15) is 5.11 Å². The lowest BCUT2D eigenvalue weighted by Crippen LogP contribution is -1.84. The fourth-order valence-corrected chi connectivity index (χ4v) is 1.92. The van der Waals surface area contributed by atoms with Crippen LogP contribution in [0.5, 0.6) is 5.75 Å². The van der Waals surface area contributed by atoms with E-state index < -0.39 is 0 Å². The molecule has 1 nitrogen and oxygen atoms in total. The summed E-state index contributed by atoms with van der Waals surface area (Å²) in [5.41, 5.74) is 1.17. The number of phenols is 1. The molecule has 72 valence electrons. The van der Waals surface area contributed by atoms with Crippen molar-refractivity contribution in [3.8, 4) is 5.75 Å². The molecule has 2 heteroatoms. The lowest BCUT2D eigenvalue weighted by atomic mass is 10.0. The zero-order chi connectivity index (χ0) is 10.1. The van der Waals surface area contributed by atoms with Gasteiger partial charge in [-0.25, -0.2) is 0 Å². The molecule has 0 saturated heterocycles. The second-order valence-electron chi connectivity index (χ2n) is 3.27. The quantitative estimate of drug-likeness (QED) is 0.753. The van der Waals surface area contributed by atoms with Crippen molar-refractivity contribution in [2.45, 2.75) is 13.3 Å². The number of hydrogen-bond acceptors (Lipinski definition) is 1. The van der Waals surface area contributed by atoms with Crippen LogP contribution in [0.25, 0.3) is 10.8 Å². The monoisotopic (exact) mass is 206 g/mol. The van der Waals surface area contributed by atoms with E-state index >= 15 is 0 Å². The lowest BCUT2D eigenvalue weighted by molar-refractivity contribution is 0.482. The van der Waals surface area contributed by atoms with Crippen LogP contribution in [0.4, 0.5) is 0 Å². The van der Waals surface area contributed by atoms with E-state index in [2.05, 4.69) is 6.92 Å². The van der Waals surface area contributed by atoms with E-state index in [1.54, 1.807) is 0 Å². The summed E-state index contributed by atoms with van der Waals surface area (Å²) >= 11 is 5.92. The standard InChI is InChI=1S/C12H11ClO/c1-2-8-7-11(13)12(14)10-6-4-3-5-9(8)10/h3-7,14H,2H2,1H3. The minimum atomic E-state index is 0.180. The first-order valence-corrected chi connectivity index (χ1v) is 5.01. The molecular weight excluding hydrogens is 196 g/mol. The van der Waals surface area contributed by atoms with Gasteiger partial charge in [-0.3, -0.25) is 0 Å². The molecule has 0 bridgehead atoms. The van der Waals surface area contributed by atoms with Crippen molar-refractivity contribution in [3.63, 3.8) is 0 Å². The highest BCUT2D eigenvalue weighted by Gasteiger charge is 2.07. The average molecular weight is 207 g/mol. The first-order chi connectivity index (χ1) is 6.74. The summed E-state index contributed by atoms with van der Waals surface area (Å²) in [5.74, 6) is 0.180. The van der Waals surface area contributed by atoms with Crippen molar-refractivity contribution in [2.75, 3.05) is 0 Å². The topological polar surface area (TPSA) is 20.2 Å². The molecule has 0 spiro atoms. The van der Waals surface area contributed by atoms with E-state index in [0.29, 0.717) is 5.02 Å². The molecule has 0 aliphatic rings. The molecule has 0 aromatic heterocycles. The Bertz CT molecular complexity index is 477. The zero-order valence-electron chi connectivity index (χ0n) is 7.92. The fourth-order valence-electron chi connectivity index (χ4n) is 1.69. The molecule has 0 heterocycles. The second kappa shape index (κ2) is 3.50. The van der Waals surface area contributed by atoms with Gasteiger partial charge in [0.15, 0.2) is 0 Å². The summed E-state index contributed by atoms with van der Waals surface area (Å²) in [6.07, 6.45) is 0.917. The van der Waals surface area contributed by atoms with Gasteiger partial charge in [0.1, 0.15) is 5.75 Å². The highest BCUT2D eigenvalue weighted by molar-refractivity contribution is 6.33. The van der Waals surface area contributed by atoms with Gasteiger partial charge in [0, 0.05) is 5.39 Å². The summed E-state index contributed by atoms with van der Waals surface area (Å²) in [6.45, 7) is 2.08. The Morgan fingerprint density at radius 2 is 1.86 bits per heavy atom. The van der Waals surface area contributed by atoms with E-state index in [4.69, 9.17) is 11.6 Å². The van der Waals surface area contributed by atoms with Gasteiger partial charge in [-0.15, -0.1) is 0 Å². The van der Waals surface area contributed by atoms with Crippen molar-refractivity contribution >= 4 is 22.4 Å². The normalized spacial score (nSPS) is 10.7. The Hall–Kier alpha value is -1.21. The van der Waals surface area contributed by atoms with Crippen LogP contribution >= 0.6 is 11.6 Å². The molecule has 0 aliphatic carbocycles. The third-order valence-corrected chi connectivity index (χ3v) is 2.72. The van der Waals surface area contributed by atoms with E-state index in [1.165, 1.54) is 5.56 Å². The highest BCUT2D eigenvalue weighted by atomic mass is 35.5. The number of aryl methyl sites for hydroxylation is 1. The molecule has 0 saturated carbocycles. The molecule has 14 heavy (non-hydrogen) atoms. The fraction of sp³-hybridized carbons (Fsp3) is 0.167. The molecule has 0 amide bonds. The maximum atomic E-state index is 9.75. The summed E-state index contributed by atoms with van der Waals surface area (Å²) in [5, 5.41) is 12.1. The van der Waals surface area contributed by atoms with Crippen LogP contribution in [0.2, 0.25) is 5.02 Å². The highest BCUT2D eigenvalue weighted by Crippen LogP contribution is 2.34. The molecule has 2 aromatic rings. The summed E-state index contributed by atoms with van der Waals surface area (Å²) in [4.78, 5) is 0. The van der Waals surface area contributed by atoms with Crippen molar-refractivity contribution in [1.82, 2.24) is 0 Å². The first-order valence-electron chi connectivity index (χ1n) is 4.63. The molecule has 0 unspecified atom stereocenters. The molecule has 0 radical (unpaired) electrons. The number of aromatic hydroxyl groups is 1. The van der Waals surface area contributed by atoms with Crippen molar-refractivity contribution < 1.29 is 5.11 Å². The first kappa shape index (κ1) is 9.35. The molecule has 1 N–H and O–H groups in total. The minimum absolute atomic E-state index is 0.180. The number of hydrogen-bond donors (Lipinski definition) is 1. The van der Waals surface area contributed by atoms with Crippen LogP contribution in [0.1, 0.15) is 12.5 Å². The largest absolute Gasteiger partial charge is 0.506 e. The molecule has 0 fully saturated rings. The van der Waals surface area contributed by atoms with Crippen LogP contribution in [-0.4, -0.2) is 5.11 Å². The molecule has 0 aliphatic heterocycles. The van der Waals surface area contributed by atoms with Gasteiger partial charge in [0.25, 0.3) is 0 Å². The maximum Gasteiger partial charge on any atom is 0.142 e. The van der Waals surface area contributed by atoms with Crippen LogP contribution in [0.3, 0.4) is 0 Å². The van der Waals surface area contributed by atoms with Gasteiger partial charge in [0.2, 0.25) is 0 Å². The van der Waals surface area contributed by atoms with Crippen molar-refractivity contribution in [3.05, 3.63) is 40.9 Å². The van der Waals surface area contributed by atoms with Gasteiger partial charge >= 0.3 is 0 Å². The number of rotatable bonds is 1. The van der Waals surface area contributed by atoms with Crippen molar-refractivity contribution in [1.29, 1.82) is 0 Å². The van der Waals surface area contributed by atoms with Crippen LogP contribution in [0.15, 0.2) is 30.3 Å². The van der Waals surface area contributed by atoms with Gasteiger partial charge in [0.05, 0.1) is 5.02 Å². The Morgan fingerprint density at radius 3 is 2.50 bits per heavy atom. The van der Waals surface area contributed by atoms with E-state index in [1.807, 2.05) is 30.3 Å². The Morgan fingerprint density at radius 1 is 1.21 bits per heavy atom. The zero-order valence-corrected chi connectivity index (χ0v) is 8.67. The van der Waals surface area contributed by atoms with E-state index in [0.717, 1.165) is 17.2 Å². The molecule has 2 aromatic carbocycles. The Kier molecular flexibility index (Phi) is 2.34. The summed E-state index contributed by atoms with van der Waals surface area (Å²) in [7, 11) is 0. The van der Waals surface area contributed by atoms with E-state index in [-0.39, 0.29) is 5.75 Å². The predicted molar refractivity (Wildman–Crippen MR) is 60.0 cm³/mol. The number of benzene rings is 2.